The van der Waals surface area contributed by atoms with Crippen molar-refractivity contribution in [3.63, 3.8) is 0 Å². The fraction of sp³-hybridized carbons (Fsp3) is 0.600. The zero-order valence-electron chi connectivity index (χ0n) is 14.0. The third kappa shape index (κ3) is 2.38. The van der Waals surface area contributed by atoms with Gasteiger partial charge in [-0.2, -0.15) is 0 Å². The van der Waals surface area contributed by atoms with E-state index in [2.05, 4.69) is 55.2 Å². The van der Waals surface area contributed by atoms with Gasteiger partial charge >= 0.3 is 0 Å². The van der Waals surface area contributed by atoms with Gasteiger partial charge in [0, 0.05) is 5.69 Å². The van der Waals surface area contributed by atoms with E-state index >= 15 is 0 Å². The van der Waals surface area contributed by atoms with Crippen LogP contribution in [0.3, 0.4) is 0 Å². The largest absolute Gasteiger partial charge is 0.360 e. The van der Waals surface area contributed by atoms with E-state index in [4.69, 9.17) is 0 Å². The molecule has 1 aliphatic heterocycles. The second-order valence-electron chi connectivity index (χ2n) is 8.07. The maximum Gasteiger partial charge on any atom is 0.0991 e. The van der Waals surface area contributed by atoms with Gasteiger partial charge < -0.3 is 9.80 Å². The summed E-state index contributed by atoms with van der Waals surface area (Å²) in [4.78, 5) is 4.33. The fourth-order valence-electron chi connectivity index (χ4n) is 4.86. The van der Waals surface area contributed by atoms with Crippen molar-refractivity contribution in [2.45, 2.75) is 26.7 Å². The van der Waals surface area contributed by atoms with Crippen molar-refractivity contribution in [1.29, 1.82) is 0 Å². The summed E-state index contributed by atoms with van der Waals surface area (Å²) in [7, 11) is 0. The van der Waals surface area contributed by atoms with Gasteiger partial charge in [0.15, 0.2) is 0 Å². The molecule has 2 nitrogen and oxygen atoms in total. The molecule has 1 saturated heterocycles. The smallest absolute Gasteiger partial charge is 0.0991 e. The highest BCUT2D eigenvalue weighted by atomic mass is 15.3. The lowest BCUT2D eigenvalue weighted by Gasteiger charge is -2.56. The summed E-state index contributed by atoms with van der Waals surface area (Å²) in [6.07, 6.45) is 5.38. The number of rotatable bonds is 3. The molecule has 1 N–H and O–H groups in total. The molecule has 0 amide bonds. The molecule has 1 aromatic rings. The zero-order chi connectivity index (χ0) is 15.2. The van der Waals surface area contributed by atoms with Gasteiger partial charge in [-0.05, 0) is 47.8 Å². The molecule has 22 heavy (non-hydrogen) atoms. The van der Waals surface area contributed by atoms with Crippen LogP contribution in [-0.2, 0) is 0 Å². The maximum atomic E-state index is 2.58. The Labute approximate surface area is 134 Å². The predicted octanol–water partition coefficient (Wildman–Crippen LogP) is 2.38. The molecule has 0 aromatic heterocycles. The molecule has 0 radical (unpaired) electrons. The first-order valence-electron chi connectivity index (χ1n) is 8.97. The quantitative estimate of drug-likeness (QED) is 0.842. The summed E-state index contributed by atoms with van der Waals surface area (Å²) < 4.78 is 0. The van der Waals surface area contributed by atoms with Crippen LogP contribution in [0.15, 0.2) is 42.0 Å². The first-order valence-corrected chi connectivity index (χ1v) is 8.97. The van der Waals surface area contributed by atoms with Crippen LogP contribution in [0.5, 0.6) is 0 Å². The Morgan fingerprint density at radius 2 is 1.86 bits per heavy atom. The number of benzene rings is 1. The summed E-state index contributed by atoms with van der Waals surface area (Å²) >= 11 is 0. The lowest BCUT2D eigenvalue weighted by Crippen LogP contribution is -3.15. The molecule has 118 valence electrons. The SMILES string of the molecule is CC1(C)[C@@H]2CC=C(C[NH+]3CCN(c4ccccc4)CC3)[C@H]1C2. The van der Waals surface area contributed by atoms with Crippen LogP contribution in [-0.4, -0.2) is 32.7 Å². The van der Waals surface area contributed by atoms with Crippen LogP contribution < -0.4 is 9.80 Å². The second-order valence-corrected chi connectivity index (χ2v) is 8.07. The predicted molar refractivity (Wildman–Crippen MR) is 92.3 cm³/mol. The Hall–Kier alpha value is -1.28. The summed E-state index contributed by atoms with van der Waals surface area (Å²) in [6, 6.07) is 10.9. The second kappa shape index (κ2) is 5.42. The molecule has 4 aliphatic rings. The van der Waals surface area contributed by atoms with Gasteiger partial charge in [-0.3, -0.25) is 0 Å². The third-order valence-electron chi connectivity index (χ3n) is 6.63. The van der Waals surface area contributed by atoms with Crippen LogP contribution in [0.25, 0.3) is 0 Å². The number of quaternary nitrogens is 1. The highest BCUT2D eigenvalue weighted by molar-refractivity contribution is 5.46. The van der Waals surface area contributed by atoms with Gasteiger partial charge in [-0.1, -0.05) is 38.1 Å². The monoisotopic (exact) mass is 297 g/mol. The van der Waals surface area contributed by atoms with Crippen molar-refractivity contribution in [3.05, 3.63) is 42.0 Å². The van der Waals surface area contributed by atoms with E-state index in [9.17, 15) is 0 Å². The van der Waals surface area contributed by atoms with Crippen molar-refractivity contribution < 1.29 is 4.90 Å². The highest BCUT2D eigenvalue weighted by Crippen LogP contribution is 2.58. The normalized spacial score (nSPS) is 30.6. The van der Waals surface area contributed by atoms with Gasteiger partial charge in [0.05, 0.1) is 32.7 Å². The fourth-order valence-corrected chi connectivity index (χ4v) is 4.86. The first-order chi connectivity index (χ1) is 10.6. The summed E-state index contributed by atoms with van der Waals surface area (Å²) in [6.45, 7) is 11.2. The molecule has 1 aromatic carbocycles. The third-order valence-corrected chi connectivity index (χ3v) is 6.63. The van der Waals surface area contributed by atoms with Crippen molar-refractivity contribution in [1.82, 2.24) is 0 Å². The Bertz CT molecular complexity index is 552. The van der Waals surface area contributed by atoms with Crippen LogP contribution >= 0.6 is 0 Å². The Kier molecular flexibility index (Phi) is 3.53. The standard InChI is InChI=1S/C20H28N2/c1-20(2)17-9-8-16(19(20)14-17)15-21-10-12-22(13-11-21)18-6-4-3-5-7-18/h3-8,17,19H,9-15H2,1-2H3/p+1/t17-,19-/m1/s1. The summed E-state index contributed by atoms with van der Waals surface area (Å²) in [5.41, 5.74) is 3.74. The molecule has 1 heterocycles. The average molecular weight is 297 g/mol. The van der Waals surface area contributed by atoms with Crippen LogP contribution in [0, 0.1) is 17.3 Å². The van der Waals surface area contributed by atoms with Gasteiger partial charge in [0.25, 0.3) is 0 Å². The number of hydrogen-bond acceptors (Lipinski definition) is 1. The molecular weight excluding hydrogens is 268 g/mol. The number of nitrogens with zero attached hydrogens (tertiary/aromatic N) is 1. The van der Waals surface area contributed by atoms with E-state index in [1.165, 1.54) is 51.3 Å². The molecule has 5 rings (SSSR count). The first kappa shape index (κ1) is 14.3. The number of nitrogens with one attached hydrogen (secondary N) is 1. The molecule has 1 saturated carbocycles. The molecule has 2 heteroatoms. The molecule has 0 spiro atoms. The maximum absolute atomic E-state index is 2.58. The topological polar surface area (TPSA) is 7.68 Å². The summed E-state index contributed by atoms with van der Waals surface area (Å²) in [5, 5.41) is 0. The van der Waals surface area contributed by atoms with E-state index in [0.29, 0.717) is 5.41 Å². The van der Waals surface area contributed by atoms with Crippen LogP contribution in [0.1, 0.15) is 26.7 Å². The van der Waals surface area contributed by atoms with Crippen LogP contribution in [0.2, 0.25) is 0 Å². The lowest BCUT2D eigenvalue weighted by molar-refractivity contribution is -0.896. The molecule has 3 aliphatic carbocycles. The average Bonchev–Trinajstić information content (AvgIpc) is 2.56. The van der Waals surface area contributed by atoms with Crippen molar-refractivity contribution in [2.24, 2.45) is 17.3 Å². The van der Waals surface area contributed by atoms with Crippen molar-refractivity contribution in [3.8, 4) is 0 Å². The minimum Gasteiger partial charge on any atom is -0.360 e. The number of anilines is 1. The molecular formula is C20H29N2+. The van der Waals surface area contributed by atoms with Gasteiger partial charge in [-0.25, -0.2) is 0 Å². The number of piperazine rings is 1. The molecule has 2 bridgehead atoms. The zero-order valence-corrected chi connectivity index (χ0v) is 14.0. The van der Waals surface area contributed by atoms with E-state index in [-0.39, 0.29) is 0 Å². The summed E-state index contributed by atoms with van der Waals surface area (Å²) in [5.74, 6) is 1.84. The molecule has 0 unspecified atom stereocenters. The minimum atomic E-state index is 0.579. The Balaban J connectivity index is 1.34. The van der Waals surface area contributed by atoms with Gasteiger partial charge in [0.1, 0.15) is 0 Å². The lowest BCUT2D eigenvalue weighted by atomic mass is 9.49. The van der Waals surface area contributed by atoms with Gasteiger partial charge in [-0.15, -0.1) is 0 Å². The number of fused-ring (bicyclic) bond motifs is 1. The molecule has 2 atom stereocenters. The van der Waals surface area contributed by atoms with Crippen LogP contribution in [0.4, 0.5) is 5.69 Å². The van der Waals surface area contributed by atoms with E-state index in [1.54, 1.807) is 10.5 Å². The highest BCUT2D eigenvalue weighted by Gasteiger charge is 2.51. The Morgan fingerprint density at radius 3 is 2.50 bits per heavy atom. The van der Waals surface area contributed by atoms with E-state index in [1.807, 2.05) is 0 Å². The van der Waals surface area contributed by atoms with E-state index in [0.717, 1.165) is 11.8 Å². The molecule has 2 fully saturated rings. The Morgan fingerprint density at radius 1 is 1.14 bits per heavy atom. The minimum absolute atomic E-state index is 0.579. The number of hydrogen-bond donors (Lipinski definition) is 1. The van der Waals surface area contributed by atoms with Crippen molar-refractivity contribution >= 4 is 5.69 Å². The van der Waals surface area contributed by atoms with Gasteiger partial charge in [0.2, 0.25) is 0 Å². The van der Waals surface area contributed by atoms with E-state index < -0.39 is 0 Å². The number of allylic oxidation sites excluding steroid dienone is 1. The number of para-hydroxylation sites is 1. The van der Waals surface area contributed by atoms with Crippen molar-refractivity contribution in [2.75, 3.05) is 37.6 Å².